The minimum atomic E-state index is -1.02. The van der Waals surface area contributed by atoms with Gasteiger partial charge in [0.2, 0.25) is 0 Å². The molecule has 1 N–H and O–H groups in total. The van der Waals surface area contributed by atoms with Crippen molar-refractivity contribution < 1.29 is 9.90 Å². The Labute approximate surface area is 109 Å². The maximum absolute atomic E-state index is 10.8. The molecule has 0 spiro atoms. The molecule has 18 heavy (non-hydrogen) atoms. The molecule has 0 aliphatic rings. The van der Waals surface area contributed by atoms with Gasteiger partial charge in [0.25, 0.3) is 0 Å². The van der Waals surface area contributed by atoms with Crippen molar-refractivity contribution in [2.24, 2.45) is 0 Å². The Bertz CT molecular complexity index is 579. The second-order valence-electron chi connectivity index (χ2n) is 3.91. The van der Waals surface area contributed by atoms with E-state index in [1.54, 1.807) is 12.1 Å². The molecule has 0 unspecified atom stereocenters. The fourth-order valence-corrected chi connectivity index (χ4v) is 2.54. The Morgan fingerprint density at radius 1 is 1.28 bits per heavy atom. The van der Waals surface area contributed by atoms with Gasteiger partial charge in [-0.05, 0) is 43.7 Å². The fraction of sp³-hybridized carbons (Fsp3) is 0.154. The van der Waals surface area contributed by atoms with Crippen LogP contribution in [0.5, 0.6) is 0 Å². The number of hydrogen-bond donors (Lipinski definition) is 1. The van der Waals surface area contributed by atoms with E-state index < -0.39 is 5.97 Å². The molecule has 5 heteroatoms. The first kappa shape index (κ1) is 12.6. The summed E-state index contributed by atoms with van der Waals surface area (Å²) < 4.78 is 0. The smallest absolute Gasteiger partial charge is 0.354 e. The zero-order valence-corrected chi connectivity index (χ0v) is 10.9. The van der Waals surface area contributed by atoms with Crippen LogP contribution in [0, 0.1) is 13.8 Å². The highest BCUT2D eigenvalue weighted by molar-refractivity contribution is 7.99. The Kier molecular flexibility index (Phi) is 3.62. The molecular weight excluding hydrogens is 248 g/mol. The molecule has 4 nitrogen and oxygen atoms in total. The Balaban J connectivity index is 2.28. The van der Waals surface area contributed by atoms with Crippen LogP contribution in [0.4, 0.5) is 0 Å². The Hall–Kier alpha value is -1.88. The van der Waals surface area contributed by atoms with Crippen molar-refractivity contribution in [1.29, 1.82) is 0 Å². The number of carboxylic acids is 1. The minimum absolute atomic E-state index is 0.0457. The van der Waals surface area contributed by atoms with E-state index in [1.165, 1.54) is 18.0 Å². The fourth-order valence-electron chi connectivity index (χ4n) is 1.57. The third-order valence-corrected chi connectivity index (χ3v) is 3.16. The standard InChI is InChI=1S/C13H12N2O2S/c1-8-5-9(2)15-12(6-8)18-10-3-4-14-11(7-10)13(16)17/h3-7H,1-2H3,(H,16,17). The van der Waals surface area contributed by atoms with Gasteiger partial charge in [-0.1, -0.05) is 11.8 Å². The van der Waals surface area contributed by atoms with Gasteiger partial charge in [-0.3, -0.25) is 0 Å². The molecular formula is C13H12N2O2S. The van der Waals surface area contributed by atoms with Crippen molar-refractivity contribution in [1.82, 2.24) is 9.97 Å². The van der Waals surface area contributed by atoms with E-state index >= 15 is 0 Å². The number of aryl methyl sites for hydroxylation is 2. The van der Waals surface area contributed by atoms with Gasteiger partial charge in [-0.15, -0.1) is 0 Å². The lowest BCUT2D eigenvalue weighted by molar-refractivity contribution is 0.0690. The summed E-state index contributed by atoms with van der Waals surface area (Å²) in [4.78, 5) is 19.8. The van der Waals surface area contributed by atoms with E-state index in [2.05, 4.69) is 9.97 Å². The molecule has 2 aromatic heterocycles. The summed E-state index contributed by atoms with van der Waals surface area (Å²) in [6.07, 6.45) is 1.49. The van der Waals surface area contributed by atoms with Gasteiger partial charge in [0.15, 0.2) is 0 Å². The number of pyridine rings is 2. The van der Waals surface area contributed by atoms with E-state index in [1.807, 2.05) is 26.0 Å². The molecule has 0 bridgehead atoms. The van der Waals surface area contributed by atoms with Crippen LogP contribution >= 0.6 is 11.8 Å². The van der Waals surface area contributed by atoms with Crippen molar-refractivity contribution in [2.45, 2.75) is 23.8 Å². The number of hydrogen-bond acceptors (Lipinski definition) is 4. The molecule has 0 aromatic carbocycles. The van der Waals surface area contributed by atoms with Crippen LogP contribution in [0.3, 0.4) is 0 Å². The molecule has 0 saturated carbocycles. The van der Waals surface area contributed by atoms with Crippen molar-refractivity contribution in [3.05, 3.63) is 47.4 Å². The second-order valence-corrected chi connectivity index (χ2v) is 5.00. The third kappa shape index (κ3) is 3.07. The number of aromatic carboxylic acids is 1. The highest BCUT2D eigenvalue weighted by atomic mass is 32.2. The highest BCUT2D eigenvalue weighted by Gasteiger charge is 2.07. The molecule has 2 rings (SSSR count). The van der Waals surface area contributed by atoms with Crippen molar-refractivity contribution in [3.8, 4) is 0 Å². The first-order valence-corrected chi connectivity index (χ1v) is 6.19. The van der Waals surface area contributed by atoms with Crippen molar-refractivity contribution >= 4 is 17.7 Å². The van der Waals surface area contributed by atoms with Gasteiger partial charge < -0.3 is 5.11 Å². The summed E-state index contributed by atoms with van der Waals surface area (Å²) in [6, 6.07) is 7.29. The van der Waals surface area contributed by atoms with E-state index in [0.29, 0.717) is 0 Å². The van der Waals surface area contributed by atoms with E-state index in [4.69, 9.17) is 5.11 Å². The molecule has 0 radical (unpaired) electrons. The van der Waals surface area contributed by atoms with Gasteiger partial charge in [0, 0.05) is 16.8 Å². The van der Waals surface area contributed by atoms with Crippen molar-refractivity contribution in [2.75, 3.05) is 0 Å². The van der Waals surface area contributed by atoms with Crippen LogP contribution in [0.25, 0.3) is 0 Å². The largest absolute Gasteiger partial charge is 0.477 e. The average Bonchev–Trinajstić information content (AvgIpc) is 2.27. The summed E-state index contributed by atoms with van der Waals surface area (Å²) in [5, 5.41) is 9.73. The SMILES string of the molecule is Cc1cc(C)nc(Sc2ccnc(C(=O)O)c2)c1. The number of rotatable bonds is 3. The summed E-state index contributed by atoms with van der Waals surface area (Å²) in [7, 11) is 0. The van der Waals surface area contributed by atoms with Gasteiger partial charge in [-0.2, -0.15) is 0 Å². The molecule has 2 aromatic rings. The Morgan fingerprint density at radius 3 is 2.72 bits per heavy atom. The molecule has 2 heterocycles. The average molecular weight is 260 g/mol. The first-order valence-electron chi connectivity index (χ1n) is 5.37. The summed E-state index contributed by atoms with van der Waals surface area (Å²) >= 11 is 1.43. The van der Waals surface area contributed by atoms with Gasteiger partial charge in [0.05, 0.1) is 0 Å². The Morgan fingerprint density at radius 2 is 2.06 bits per heavy atom. The molecule has 0 saturated heterocycles. The predicted octanol–water partition coefficient (Wildman–Crippen LogP) is 2.94. The molecule has 0 aliphatic heterocycles. The first-order chi connectivity index (χ1) is 8.54. The monoisotopic (exact) mass is 260 g/mol. The van der Waals surface area contributed by atoms with Crippen molar-refractivity contribution in [3.63, 3.8) is 0 Å². The van der Waals surface area contributed by atoms with Crippen LogP contribution in [0.2, 0.25) is 0 Å². The lowest BCUT2D eigenvalue weighted by Crippen LogP contribution is -1.99. The second kappa shape index (κ2) is 5.18. The zero-order valence-electron chi connectivity index (χ0n) is 10.0. The third-order valence-electron chi connectivity index (χ3n) is 2.25. The van der Waals surface area contributed by atoms with Gasteiger partial charge in [-0.25, -0.2) is 14.8 Å². The lowest BCUT2D eigenvalue weighted by atomic mass is 10.3. The van der Waals surface area contributed by atoms with Gasteiger partial charge >= 0.3 is 5.97 Å². The number of aromatic nitrogens is 2. The van der Waals surface area contributed by atoms with Crippen LogP contribution in [-0.2, 0) is 0 Å². The molecule has 0 atom stereocenters. The lowest BCUT2D eigenvalue weighted by Gasteiger charge is -2.04. The molecule has 92 valence electrons. The maximum atomic E-state index is 10.8. The molecule has 0 amide bonds. The molecule has 0 fully saturated rings. The van der Waals surface area contributed by atoms with Crippen LogP contribution in [0.1, 0.15) is 21.7 Å². The molecule has 0 aliphatic carbocycles. The van der Waals surface area contributed by atoms with Gasteiger partial charge in [0.1, 0.15) is 10.7 Å². The minimum Gasteiger partial charge on any atom is -0.477 e. The number of carbonyl (C=O) groups is 1. The number of nitrogens with zero attached hydrogens (tertiary/aromatic N) is 2. The van der Waals surface area contributed by atoms with Crippen LogP contribution < -0.4 is 0 Å². The predicted molar refractivity (Wildman–Crippen MR) is 69.0 cm³/mol. The normalized spacial score (nSPS) is 10.3. The van der Waals surface area contributed by atoms with Crippen LogP contribution in [0.15, 0.2) is 40.4 Å². The van der Waals surface area contributed by atoms with E-state index in [9.17, 15) is 4.79 Å². The number of carboxylic acid groups (broad SMARTS) is 1. The van der Waals surface area contributed by atoms with Crippen LogP contribution in [-0.4, -0.2) is 21.0 Å². The summed E-state index contributed by atoms with van der Waals surface area (Å²) in [5.41, 5.74) is 2.13. The zero-order chi connectivity index (χ0) is 13.1. The summed E-state index contributed by atoms with van der Waals surface area (Å²) in [6.45, 7) is 3.94. The van der Waals surface area contributed by atoms with E-state index in [-0.39, 0.29) is 5.69 Å². The van der Waals surface area contributed by atoms with E-state index in [0.717, 1.165) is 21.2 Å². The maximum Gasteiger partial charge on any atom is 0.354 e. The highest BCUT2D eigenvalue weighted by Crippen LogP contribution is 2.27. The summed E-state index contributed by atoms with van der Waals surface area (Å²) in [5.74, 6) is -1.02. The topological polar surface area (TPSA) is 63.1 Å². The quantitative estimate of drug-likeness (QED) is 0.919.